The van der Waals surface area contributed by atoms with Crippen molar-refractivity contribution in [3.8, 4) is 5.75 Å². The Hall–Kier alpha value is -2.85. The maximum absolute atomic E-state index is 13.3. The van der Waals surface area contributed by atoms with Crippen molar-refractivity contribution in [1.29, 1.82) is 0 Å². The Kier molecular flexibility index (Phi) is 6.81. The van der Waals surface area contributed by atoms with Gasteiger partial charge in [0.25, 0.3) is 15.7 Å². The third-order valence-corrected chi connectivity index (χ3v) is 5.89. The molecule has 0 aliphatic carbocycles. The van der Waals surface area contributed by atoms with E-state index < -0.39 is 31.5 Å². The summed E-state index contributed by atoms with van der Waals surface area (Å²) in [6.07, 6.45) is -0.309. The number of para-hydroxylation sites is 1. The highest BCUT2D eigenvalue weighted by Crippen LogP contribution is 2.37. The van der Waals surface area contributed by atoms with Gasteiger partial charge in [-0.05, 0) is 30.7 Å². The lowest BCUT2D eigenvalue weighted by atomic mass is 10.2. The predicted octanol–water partition coefficient (Wildman–Crippen LogP) is 3.32. The van der Waals surface area contributed by atoms with Crippen molar-refractivity contribution in [3.63, 3.8) is 0 Å². The summed E-state index contributed by atoms with van der Waals surface area (Å²) in [6, 6.07) is 9.21. The highest BCUT2D eigenvalue weighted by molar-refractivity contribution is 7.93. The van der Waals surface area contributed by atoms with Crippen LogP contribution in [0.1, 0.15) is 12.8 Å². The number of nitrogens with zero attached hydrogens (tertiary/aromatic N) is 2. The van der Waals surface area contributed by atoms with Gasteiger partial charge < -0.3 is 9.84 Å². The number of ether oxygens (including phenoxy) is 1. The second-order valence-corrected chi connectivity index (χ2v) is 7.88. The highest BCUT2D eigenvalue weighted by Gasteiger charge is 2.33. The predicted molar refractivity (Wildman–Crippen MR) is 103 cm³/mol. The Balaban J connectivity index is 2.63. The van der Waals surface area contributed by atoms with Crippen LogP contribution in [0.15, 0.2) is 47.4 Å². The summed E-state index contributed by atoms with van der Waals surface area (Å²) < 4.78 is 32.7. The van der Waals surface area contributed by atoms with Crippen LogP contribution in [0.5, 0.6) is 5.75 Å². The third-order valence-electron chi connectivity index (χ3n) is 3.79. The zero-order valence-electron chi connectivity index (χ0n) is 14.7. The molecule has 2 aromatic rings. The summed E-state index contributed by atoms with van der Waals surface area (Å²) in [7, 11) is -3.08. The minimum atomic E-state index is -4.42. The molecule has 0 aliphatic heterocycles. The van der Waals surface area contributed by atoms with Gasteiger partial charge in [-0.2, -0.15) is 0 Å². The first-order valence-electron chi connectivity index (χ1n) is 8.00. The molecule has 0 aromatic heterocycles. The highest BCUT2D eigenvalue weighted by atomic mass is 35.5. The van der Waals surface area contributed by atoms with Crippen LogP contribution in [0, 0.1) is 10.1 Å². The molecule has 0 spiro atoms. The van der Waals surface area contributed by atoms with Gasteiger partial charge in [0.2, 0.25) is 0 Å². The minimum Gasteiger partial charge on any atom is -0.495 e. The van der Waals surface area contributed by atoms with Crippen LogP contribution in [-0.2, 0) is 14.8 Å². The summed E-state index contributed by atoms with van der Waals surface area (Å²) in [6.45, 7) is -0.239. The third kappa shape index (κ3) is 4.70. The topological polar surface area (TPSA) is 127 Å². The monoisotopic (exact) mass is 428 g/mol. The van der Waals surface area contributed by atoms with Crippen molar-refractivity contribution in [1.82, 2.24) is 0 Å². The Bertz CT molecular complexity index is 995. The average molecular weight is 429 g/mol. The van der Waals surface area contributed by atoms with Crippen molar-refractivity contribution in [2.75, 3.05) is 18.0 Å². The molecule has 11 heteroatoms. The number of methoxy groups -OCH3 is 1. The number of carbonyl (C=O) groups is 1. The number of nitro benzene ring substituents is 1. The number of hydrogen-bond acceptors (Lipinski definition) is 6. The number of rotatable bonds is 9. The van der Waals surface area contributed by atoms with Gasteiger partial charge in [-0.15, -0.1) is 0 Å². The molecule has 0 fully saturated rings. The van der Waals surface area contributed by atoms with Crippen LogP contribution < -0.4 is 9.04 Å². The first-order chi connectivity index (χ1) is 13.2. The quantitative estimate of drug-likeness (QED) is 0.479. The van der Waals surface area contributed by atoms with E-state index in [9.17, 15) is 23.3 Å². The van der Waals surface area contributed by atoms with Gasteiger partial charge in [0, 0.05) is 24.1 Å². The van der Waals surface area contributed by atoms with Gasteiger partial charge in [0.15, 0.2) is 4.90 Å². The molecular formula is C17H17ClN2O7S. The molecule has 2 aromatic carbocycles. The molecule has 0 saturated carbocycles. The van der Waals surface area contributed by atoms with Crippen molar-refractivity contribution in [2.45, 2.75) is 17.7 Å². The largest absolute Gasteiger partial charge is 0.495 e. The molecule has 0 amide bonds. The number of carboxylic acids is 1. The number of hydrogen-bond donors (Lipinski definition) is 1. The Morgan fingerprint density at radius 2 is 1.96 bits per heavy atom. The maximum Gasteiger partial charge on any atom is 0.303 e. The van der Waals surface area contributed by atoms with E-state index in [-0.39, 0.29) is 35.8 Å². The van der Waals surface area contributed by atoms with E-state index in [2.05, 4.69) is 0 Å². The molecule has 2 rings (SSSR count). The van der Waals surface area contributed by atoms with Crippen LogP contribution in [0.3, 0.4) is 0 Å². The van der Waals surface area contributed by atoms with Gasteiger partial charge in [-0.25, -0.2) is 8.42 Å². The van der Waals surface area contributed by atoms with Crippen molar-refractivity contribution < 1.29 is 28.0 Å². The molecule has 0 saturated heterocycles. The normalized spacial score (nSPS) is 11.1. The maximum atomic E-state index is 13.3. The molecule has 28 heavy (non-hydrogen) atoms. The average Bonchev–Trinajstić information content (AvgIpc) is 2.64. The zero-order valence-corrected chi connectivity index (χ0v) is 16.3. The van der Waals surface area contributed by atoms with Crippen molar-refractivity contribution >= 4 is 39.0 Å². The van der Waals surface area contributed by atoms with Crippen LogP contribution in [0.2, 0.25) is 5.02 Å². The van der Waals surface area contributed by atoms with Crippen LogP contribution in [-0.4, -0.2) is 38.1 Å². The van der Waals surface area contributed by atoms with Crippen LogP contribution >= 0.6 is 11.6 Å². The fourth-order valence-electron chi connectivity index (χ4n) is 2.55. The Labute approximate surface area is 166 Å². The molecule has 0 radical (unpaired) electrons. The number of sulfonamides is 1. The van der Waals surface area contributed by atoms with Crippen molar-refractivity contribution in [2.24, 2.45) is 0 Å². The smallest absolute Gasteiger partial charge is 0.303 e. The van der Waals surface area contributed by atoms with E-state index in [0.717, 1.165) is 16.4 Å². The first kappa shape index (κ1) is 21.5. The fraction of sp³-hybridized carbons (Fsp3) is 0.235. The van der Waals surface area contributed by atoms with E-state index in [1.165, 1.54) is 37.4 Å². The number of carboxylic acid groups (broad SMARTS) is 1. The molecule has 150 valence electrons. The summed E-state index contributed by atoms with van der Waals surface area (Å²) >= 11 is 6.00. The van der Waals surface area contributed by atoms with Gasteiger partial charge in [0.1, 0.15) is 5.75 Å². The van der Waals surface area contributed by atoms with Gasteiger partial charge in [-0.1, -0.05) is 23.7 Å². The first-order valence-corrected chi connectivity index (χ1v) is 9.81. The summed E-state index contributed by atoms with van der Waals surface area (Å²) in [4.78, 5) is 20.9. The number of nitro groups is 1. The van der Waals surface area contributed by atoms with Crippen molar-refractivity contribution in [3.05, 3.63) is 57.6 Å². The van der Waals surface area contributed by atoms with Gasteiger partial charge in [-0.3, -0.25) is 19.2 Å². The van der Waals surface area contributed by atoms with Crippen LogP contribution in [0.25, 0.3) is 0 Å². The van der Waals surface area contributed by atoms with E-state index in [1.807, 2.05) is 0 Å². The molecule has 0 bridgehead atoms. The summed E-state index contributed by atoms with van der Waals surface area (Å²) in [5.41, 5.74) is -0.537. The summed E-state index contributed by atoms with van der Waals surface area (Å²) in [5.74, 6) is -0.928. The van der Waals surface area contributed by atoms with Gasteiger partial charge >= 0.3 is 5.97 Å². The molecule has 0 atom stereocenters. The number of halogens is 1. The standard InChI is InChI=1S/C17H17ClN2O7S/c1-27-15-9-8-12(18)11-14(15)19(10-4-7-17(21)22)28(25,26)16-6-3-2-5-13(16)20(23)24/h2-3,5-6,8-9,11H,4,7,10H2,1H3,(H,21,22). The van der Waals surface area contributed by atoms with E-state index in [1.54, 1.807) is 0 Å². The lowest BCUT2D eigenvalue weighted by Gasteiger charge is -2.26. The van der Waals surface area contributed by atoms with E-state index in [0.29, 0.717) is 0 Å². The second kappa shape index (κ2) is 8.89. The molecule has 0 heterocycles. The molecule has 1 N–H and O–H groups in total. The molecule has 0 aliphatic rings. The summed E-state index contributed by atoms with van der Waals surface area (Å²) in [5, 5.41) is 20.4. The lowest BCUT2D eigenvalue weighted by Crippen LogP contribution is -2.33. The second-order valence-electron chi connectivity index (χ2n) is 5.62. The number of aliphatic carboxylic acids is 1. The van der Waals surface area contributed by atoms with Gasteiger partial charge in [0.05, 0.1) is 17.7 Å². The van der Waals surface area contributed by atoms with E-state index in [4.69, 9.17) is 21.4 Å². The van der Waals surface area contributed by atoms with Crippen LogP contribution in [0.4, 0.5) is 11.4 Å². The number of benzene rings is 2. The Morgan fingerprint density at radius 1 is 1.29 bits per heavy atom. The molecule has 0 unspecified atom stereocenters. The minimum absolute atomic E-state index is 0.0230. The number of anilines is 1. The molecule has 9 nitrogen and oxygen atoms in total. The SMILES string of the molecule is COc1ccc(Cl)cc1N(CCCC(=O)O)S(=O)(=O)c1ccccc1[N+](=O)[O-]. The lowest BCUT2D eigenvalue weighted by molar-refractivity contribution is -0.387. The fourth-order valence-corrected chi connectivity index (χ4v) is 4.38. The zero-order chi connectivity index (χ0) is 20.9. The van der Waals surface area contributed by atoms with E-state index >= 15 is 0 Å². The Morgan fingerprint density at radius 3 is 2.57 bits per heavy atom. The molecular weight excluding hydrogens is 412 g/mol.